The molecule has 3 nitrogen and oxygen atoms in total. The lowest BCUT2D eigenvalue weighted by atomic mass is 10.0. The Morgan fingerprint density at radius 1 is 1.05 bits per heavy atom. The van der Waals surface area contributed by atoms with Crippen LogP contribution in [0.3, 0.4) is 0 Å². The second-order valence-corrected chi connectivity index (χ2v) is 5.96. The van der Waals surface area contributed by atoms with Crippen LogP contribution in [0.5, 0.6) is 0 Å². The van der Waals surface area contributed by atoms with Gasteiger partial charge in [-0.3, -0.25) is 4.79 Å². The zero-order chi connectivity index (χ0) is 14.5. The van der Waals surface area contributed by atoms with Gasteiger partial charge in [0.1, 0.15) is 0 Å². The number of anilines is 1. The topological polar surface area (TPSA) is 55.1 Å². The molecule has 0 heterocycles. The molecule has 1 amide bonds. The Bertz CT molecular complexity index is 609. The average molecular weight is 398 g/mol. The lowest BCUT2D eigenvalue weighted by molar-refractivity contribution is 0.102. The molecule has 0 spiro atoms. The van der Waals surface area contributed by atoms with Crippen molar-refractivity contribution < 1.29 is 4.79 Å². The molecule has 2 rings (SSSR count). The third kappa shape index (κ3) is 3.48. The van der Waals surface area contributed by atoms with Crippen LogP contribution in [-0.4, -0.2) is 12.5 Å². The van der Waals surface area contributed by atoms with Crippen molar-refractivity contribution in [2.45, 2.75) is 6.42 Å². The average Bonchev–Trinajstić information content (AvgIpc) is 2.44. The molecule has 3 N–H and O–H groups in total. The lowest BCUT2D eigenvalue weighted by Gasteiger charge is -2.12. The highest BCUT2D eigenvalue weighted by Crippen LogP contribution is 2.31. The Balaban J connectivity index is 2.29. The van der Waals surface area contributed by atoms with Crippen molar-refractivity contribution in [1.29, 1.82) is 0 Å². The van der Waals surface area contributed by atoms with Gasteiger partial charge >= 0.3 is 0 Å². The first-order chi connectivity index (χ1) is 9.63. The standard InChI is InChI=1S/C15H14Br2N2O/c16-12-6-3-7-13(17)14(12)19-15(20)11-5-2-1-4-10(11)8-9-18/h1-7H,8-9,18H2,(H,19,20). The first kappa shape index (κ1) is 15.2. The van der Waals surface area contributed by atoms with E-state index in [0.29, 0.717) is 18.5 Å². The number of carbonyl (C=O) groups is 1. The number of para-hydroxylation sites is 1. The largest absolute Gasteiger partial charge is 0.330 e. The van der Waals surface area contributed by atoms with Crippen LogP contribution in [0, 0.1) is 0 Å². The highest BCUT2D eigenvalue weighted by atomic mass is 79.9. The number of benzene rings is 2. The fourth-order valence-corrected chi connectivity index (χ4v) is 3.11. The van der Waals surface area contributed by atoms with Gasteiger partial charge in [0.2, 0.25) is 0 Å². The van der Waals surface area contributed by atoms with Crippen LogP contribution in [0.2, 0.25) is 0 Å². The number of hydrogen-bond donors (Lipinski definition) is 2. The van der Waals surface area contributed by atoms with Crippen LogP contribution in [0.15, 0.2) is 51.4 Å². The van der Waals surface area contributed by atoms with Gasteiger partial charge in [-0.1, -0.05) is 24.3 Å². The fraction of sp³-hybridized carbons (Fsp3) is 0.133. The number of nitrogens with two attached hydrogens (primary N) is 1. The minimum Gasteiger partial charge on any atom is -0.330 e. The second kappa shape index (κ2) is 7.02. The first-order valence-corrected chi connectivity index (χ1v) is 7.75. The summed E-state index contributed by atoms with van der Waals surface area (Å²) in [6, 6.07) is 13.2. The molecular weight excluding hydrogens is 384 g/mol. The zero-order valence-corrected chi connectivity index (χ0v) is 13.9. The first-order valence-electron chi connectivity index (χ1n) is 6.17. The van der Waals surface area contributed by atoms with Crippen LogP contribution in [-0.2, 0) is 6.42 Å². The summed E-state index contributed by atoms with van der Waals surface area (Å²) in [5.74, 6) is -0.137. The number of hydrogen-bond acceptors (Lipinski definition) is 2. The summed E-state index contributed by atoms with van der Waals surface area (Å²) in [5.41, 5.74) is 7.91. The molecular formula is C15H14Br2N2O. The minimum atomic E-state index is -0.137. The van der Waals surface area contributed by atoms with Gasteiger partial charge in [-0.05, 0) is 68.6 Å². The molecule has 0 aliphatic carbocycles. The molecule has 0 atom stereocenters. The summed E-state index contributed by atoms with van der Waals surface area (Å²) in [7, 11) is 0. The van der Waals surface area contributed by atoms with E-state index in [-0.39, 0.29) is 5.91 Å². The van der Waals surface area contributed by atoms with E-state index in [9.17, 15) is 4.79 Å². The van der Waals surface area contributed by atoms with Crippen molar-refractivity contribution in [3.05, 3.63) is 62.5 Å². The summed E-state index contributed by atoms with van der Waals surface area (Å²) >= 11 is 6.87. The fourth-order valence-electron chi connectivity index (χ4n) is 1.91. The SMILES string of the molecule is NCCc1ccccc1C(=O)Nc1c(Br)cccc1Br. The van der Waals surface area contributed by atoms with Crippen molar-refractivity contribution in [3.8, 4) is 0 Å². The maximum absolute atomic E-state index is 12.4. The van der Waals surface area contributed by atoms with E-state index < -0.39 is 0 Å². The molecule has 0 radical (unpaired) electrons. The Morgan fingerprint density at radius 3 is 2.35 bits per heavy atom. The third-order valence-corrected chi connectivity index (χ3v) is 4.20. The number of nitrogens with one attached hydrogen (secondary N) is 1. The minimum absolute atomic E-state index is 0.137. The predicted molar refractivity (Wildman–Crippen MR) is 89.0 cm³/mol. The van der Waals surface area contributed by atoms with Gasteiger partial charge in [0, 0.05) is 14.5 Å². The molecule has 0 saturated heterocycles. The van der Waals surface area contributed by atoms with E-state index >= 15 is 0 Å². The Hall–Kier alpha value is -1.17. The van der Waals surface area contributed by atoms with Crippen LogP contribution >= 0.6 is 31.9 Å². The van der Waals surface area contributed by atoms with Crippen molar-refractivity contribution in [3.63, 3.8) is 0 Å². The maximum Gasteiger partial charge on any atom is 0.256 e. The number of halogens is 2. The molecule has 5 heteroatoms. The zero-order valence-electron chi connectivity index (χ0n) is 10.7. The summed E-state index contributed by atoms with van der Waals surface area (Å²) in [4.78, 5) is 12.4. The van der Waals surface area contributed by atoms with Gasteiger partial charge in [-0.15, -0.1) is 0 Å². The summed E-state index contributed by atoms with van der Waals surface area (Å²) in [5, 5.41) is 2.92. The second-order valence-electron chi connectivity index (χ2n) is 4.25. The molecule has 0 fully saturated rings. The van der Waals surface area contributed by atoms with Crippen LogP contribution < -0.4 is 11.1 Å². The number of rotatable bonds is 4. The Labute approximate surface area is 134 Å². The van der Waals surface area contributed by atoms with Gasteiger partial charge in [-0.2, -0.15) is 0 Å². The monoisotopic (exact) mass is 396 g/mol. The van der Waals surface area contributed by atoms with E-state index in [4.69, 9.17) is 5.73 Å². The molecule has 2 aromatic carbocycles. The highest BCUT2D eigenvalue weighted by molar-refractivity contribution is 9.11. The quantitative estimate of drug-likeness (QED) is 0.820. The van der Waals surface area contributed by atoms with E-state index in [0.717, 1.165) is 20.2 Å². The highest BCUT2D eigenvalue weighted by Gasteiger charge is 2.13. The third-order valence-electron chi connectivity index (χ3n) is 2.88. The molecule has 0 aliphatic heterocycles. The summed E-state index contributed by atoms with van der Waals surface area (Å²) < 4.78 is 1.66. The smallest absolute Gasteiger partial charge is 0.256 e. The van der Waals surface area contributed by atoms with Crippen molar-refractivity contribution in [1.82, 2.24) is 0 Å². The number of carbonyl (C=O) groups excluding carboxylic acids is 1. The molecule has 0 saturated carbocycles. The van der Waals surface area contributed by atoms with Gasteiger partial charge in [0.25, 0.3) is 5.91 Å². The number of amides is 1. The predicted octanol–water partition coefficient (Wildman–Crippen LogP) is 3.97. The van der Waals surface area contributed by atoms with Gasteiger partial charge < -0.3 is 11.1 Å². The van der Waals surface area contributed by atoms with Gasteiger partial charge in [0.05, 0.1) is 5.69 Å². The molecule has 20 heavy (non-hydrogen) atoms. The van der Waals surface area contributed by atoms with Crippen molar-refractivity contribution in [2.24, 2.45) is 5.73 Å². The summed E-state index contributed by atoms with van der Waals surface area (Å²) in [6.07, 6.45) is 0.681. The molecule has 2 aromatic rings. The van der Waals surface area contributed by atoms with Gasteiger partial charge in [0.15, 0.2) is 0 Å². The molecule has 0 unspecified atom stereocenters. The van der Waals surface area contributed by atoms with E-state index in [1.54, 1.807) is 0 Å². The molecule has 0 aliphatic rings. The normalized spacial score (nSPS) is 10.3. The van der Waals surface area contributed by atoms with Crippen LogP contribution in [0.4, 0.5) is 5.69 Å². The molecule has 104 valence electrons. The van der Waals surface area contributed by atoms with E-state index in [1.807, 2.05) is 42.5 Å². The Morgan fingerprint density at radius 2 is 1.70 bits per heavy atom. The van der Waals surface area contributed by atoms with E-state index in [1.165, 1.54) is 0 Å². The van der Waals surface area contributed by atoms with Gasteiger partial charge in [-0.25, -0.2) is 0 Å². The summed E-state index contributed by atoms with van der Waals surface area (Å²) in [6.45, 7) is 0.517. The van der Waals surface area contributed by atoms with Crippen molar-refractivity contribution >= 4 is 43.5 Å². The molecule has 0 aromatic heterocycles. The van der Waals surface area contributed by atoms with E-state index in [2.05, 4.69) is 37.2 Å². The lowest BCUT2D eigenvalue weighted by Crippen LogP contribution is -2.16. The Kier molecular flexibility index (Phi) is 5.34. The maximum atomic E-state index is 12.4. The van der Waals surface area contributed by atoms with Crippen LogP contribution in [0.1, 0.15) is 15.9 Å². The van der Waals surface area contributed by atoms with Crippen LogP contribution in [0.25, 0.3) is 0 Å². The van der Waals surface area contributed by atoms with Crippen molar-refractivity contribution in [2.75, 3.05) is 11.9 Å². The molecule has 0 bridgehead atoms.